The van der Waals surface area contributed by atoms with Gasteiger partial charge in [0.15, 0.2) is 0 Å². The molecule has 0 radical (unpaired) electrons. The lowest BCUT2D eigenvalue weighted by atomic mass is 9.86. The molecule has 21 heavy (non-hydrogen) atoms. The molecule has 5 rings (SSSR count). The van der Waals surface area contributed by atoms with Gasteiger partial charge < -0.3 is 0 Å². The predicted molar refractivity (Wildman–Crippen MR) is 90.4 cm³/mol. The van der Waals surface area contributed by atoms with Crippen LogP contribution >= 0.6 is 0 Å². The summed E-state index contributed by atoms with van der Waals surface area (Å²) in [5.41, 5.74) is 5.67. The van der Waals surface area contributed by atoms with E-state index in [4.69, 9.17) is 0 Å². The van der Waals surface area contributed by atoms with Crippen molar-refractivity contribution in [3.05, 3.63) is 89.0 Å². The molecule has 0 heteroatoms. The first-order chi connectivity index (χ1) is 10.4. The maximum absolute atomic E-state index is 2.35. The van der Waals surface area contributed by atoms with E-state index in [1.165, 1.54) is 43.8 Å². The number of allylic oxidation sites excluding steroid dienone is 5. The van der Waals surface area contributed by atoms with Gasteiger partial charge in [-0.25, -0.2) is 0 Å². The molecule has 0 saturated carbocycles. The summed E-state index contributed by atoms with van der Waals surface area (Å²) in [5.74, 6) is 0. The van der Waals surface area contributed by atoms with Gasteiger partial charge in [0.05, 0.1) is 0 Å². The number of hydrogen-bond acceptors (Lipinski definition) is 0. The highest BCUT2D eigenvalue weighted by atomic mass is 14.2. The van der Waals surface area contributed by atoms with E-state index in [2.05, 4.69) is 72.8 Å². The van der Waals surface area contributed by atoms with E-state index in [0.29, 0.717) is 0 Å². The summed E-state index contributed by atoms with van der Waals surface area (Å²) in [5, 5.41) is 5.39. The van der Waals surface area contributed by atoms with Gasteiger partial charge in [0, 0.05) is 0 Å². The van der Waals surface area contributed by atoms with E-state index >= 15 is 0 Å². The van der Waals surface area contributed by atoms with Crippen LogP contribution in [-0.2, 0) is 6.42 Å². The highest BCUT2D eigenvalue weighted by Gasteiger charge is 2.17. The van der Waals surface area contributed by atoms with E-state index in [0.717, 1.165) is 6.42 Å². The quantitative estimate of drug-likeness (QED) is 0.476. The van der Waals surface area contributed by atoms with Crippen LogP contribution in [0.2, 0.25) is 0 Å². The van der Waals surface area contributed by atoms with Crippen molar-refractivity contribution in [3.63, 3.8) is 0 Å². The second kappa shape index (κ2) is 3.95. The van der Waals surface area contributed by atoms with E-state index < -0.39 is 0 Å². The first-order valence-electron chi connectivity index (χ1n) is 7.43. The Morgan fingerprint density at radius 2 is 1.67 bits per heavy atom. The zero-order valence-corrected chi connectivity index (χ0v) is 11.6. The lowest BCUT2D eigenvalue weighted by Gasteiger charge is -2.18. The summed E-state index contributed by atoms with van der Waals surface area (Å²) in [7, 11) is 0. The van der Waals surface area contributed by atoms with Crippen molar-refractivity contribution in [1.82, 2.24) is 0 Å². The molecule has 0 N–H and O–H groups in total. The summed E-state index contributed by atoms with van der Waals surface area (Å²) >= 11 is 0. The van der Waals surface area contributed by atoms with Gasteiger partial charge in [-0.05, 0) is 56.3 Å². The molecule has 0 bridgehead atoms. The Kier molecular flexibility index (Phi) is 2.09. The lowest BCUT2D eigenvalue weighted by molar-refractivity contribution is 1.16. The fourth-order valence-corrected chi connectivity index (χ4v) is 3.61. The van der Waals surface area contributed by atoms with Gasteiger partial charge in [0.2, 0.25) is 0 Å². The van der Waals surface area contributed by atoms with Crippen molar-refractivity contribution in [1.29, 1.82) is 0 Å². The summed E-state index contributed by atoms with van der Waals surface area (Å²) in [4.78, 5) is 0. The fraction of sp³-hybridized carbons (Fsp3) is 0.0476. The normalized spacial score (nSPS) is 15.8. The molecule has 0 spiro atoms. The van der Waals surface area contributed by atoms with Gasteiger partial charge in [-0.15, -0.1) is 0 Å². The second-order valence-corrected chi connectivity index (χ2v) is 5.85. The van der Waals surface area contributed by atoms with Crippen molar-refractivity contribution in [3.8, 4) is 0 Å². The summed E-state index contributed by atoms with van der Waals surface area (Å²) < 4.78 is 0. The summed E-state index contributed by atoms with van der Waals surface area (Å²) in [6, 6.07) is 17.8. The molecule has 0 aromatic heterocycles. The molecule has 0 nitrogen and oxygen atoms in total. The van der Waals surface area contributed by atoms with Crippen LogP contribution in [0.5, 0.6) is 0 Å². The molecule has 0 amide bonds. The monoisotopic (exact) mass is 266 g/mol. The zero-order valence-electron chi connectivity index (χ0n) is 11.6. The molecule has 3 aromatic rings. The number of rotatable bonds is 0. The third-order valence-corrected chi connectivity index (χ3v) is 4.68. The number of benzene rings is 3. The lowest BCUT2D eigenvalue weighted by Crippen LogP contribution is -2.01. The van der Waals surface area contributed by atoms with Crippen LogP contribution in [0.4, 0.5) is 0 Å². The van der Waals surface area contributed by atoms with Gasteiger partial charge in [-0.1, -0.05) is 66.8 Å². The SMILES string of the molecule is C1=CC2=Cc3c(ccc4c3ccc3ccccc34)CC2=C1. The largest absolute Gasteiger partial charge is 0.0616 e. The Labute approximate surface area is 123 Å². The molecule has 3 aromatic carbocycles. The van der Waals surface area contributed by atoms with Gasteiger partial charge in [0.1, 0.15) is 0 Å². The minimum atomic E-state index is 1.05. The first-order valence-corrected chi connectivity index (χ1v) is 7.43. The van der Waals surface area contributed by atoms with Gasteiger partial charge in [0.25, 0.3) is 0 Å². The molecule has 0 unspecified atom stereocenters. The van der Waals surface area contributed by atoms with Crippen LogP contribution in [0.3, 0.4) is 0 Å². The summed E-state index contributed by atoms with van der Waals surface area (Å²) in [6.07, 6.45) is 10.0. The predicted octanol–water partition coefficient (Wildman–Crippen LogP) is 5.43. The third kappa shape index (κ3) is 1.50. The van der Waals surface area contributed by atoms with Crippen LogP contribution in [0.15, 0.2) is 77.9 Å². The topological polar surface area (TPSA) is 0 Å². The van der Waals surface area contributed by atoms with Crippen molar-refractivity contribution >= 4 is 27.6 Å². The molecule has 0 aliphatic heterocycles. The molecular weight excluding hydrogens is 252 g/mol. The van der Waals surface area contributed by atoms with Crippen molar-refractivity contribution < 1.29 is 0 Å². The molecule has 2 aliphatic rings. The van der Waals surface area contributed by atoms with Crippen LogP contribution in [0, 0.1) is 0 Å². The first kappa shape index (κ1) is 11.1. The van der Waals surface area contributed by atoms with E-state index in [9.17, 15) is 0 Å². The van der Waals surface area contributed by atoms with Crippen LogP contribution < -0.4 is 0 Å². The maximum atomic E-state index is 2.35. The molecule has 2 aliphatic carbocycles. The minimum Gasteiger partial charge on any atom is -0.0616 e. The minimum absolute atomic E-state index is 1.05. The Hall–Kier alpha value is -2.60. The highest BCUT2D eigenvalue weighted by molar-refractivity contribution is 6.10. The second-order valence-electron chi connectivity index (χ2n) is 5.85. The number of hydrogen-bond donors (Lipinski definition) is 0. The molecule has 0 saturated heterocycles. The molecule has 0 fully saturated rings. The Morgan fingerprint density at radius 1 is 0.762 bits per heavy atom. The molecule has 0 heterocycles. The standard InChI is InChI=1S/C21H14/c1-2-7-18-14(4-1)8-10-20-19(18)11-9-17-12-15-5-3-6-16(15)13-21(17)20/h1-11,13H,12H2. The Balaban J connectivity index is 1.91. The highest BCUT2D eigenvalue weighted by Crippen LogP contribution is 2.37. The average Bonchev–Trinajstić information content (AvgIpc) is 2.99. The van der Waals surface area contributed by atoms with Crippen LogP contribution in [0.25, 0.3) is 27.6 Å². The Bertz CT molecular complexity index is 997. The van der Waals surface area contributed by atoms with Crippen molar-refractivity contribution in [2.24, 2.45) is 0 Å². The van der Waals surface area contributed by atoms with Crippen molar-refractivity contribution in [2.45, 2.75) is 6.42 Å². The van der Waals surface area contributed by atoms with Gasteiger partial charge in [-0.3, -0.25) is 0 Å². The maximum Gasteiger partial charge on any atom is -0.00137 e. The van der Waals surface area contributed by atoms with Crippen LogP contribution in [0.1, 0.15) is 11.1 Å². The van der Waals surface area contributed by atoms with E-state index in [1.54, 1.807) is 0 Å². The van der Waals surface area contributed by atoms with Crippen molar-refractivity contribution in [2.75, 3.05) is 0 Å². The fourth-order valence-electron chi connectivity index (χ4n) is 3.61. The average molecular weight is 266 g/mol. The Morgan fingerprint density at radius 3 is 2.67 bits per heavy atom. The van der Waals surface area contributed by atoms with Gasteiger partial charge >= 0.3 is 0 Å². The van der Waals surface area contributed by atoms with E-state index in [1.807, 2.05) is 0 Å². The number of fused-ring (bicyclic) bond motifs is 6. The van der Waals surface area contributed by atoms with Gasteiger partial charge in [-0.2, -0.15) is 0 Å². The molecule has 0 atom stereocenters. The van der Waals surface area contributed by atoms with E-state index in [-0.39, 0.29) is 0 Å². The third-order valence-electron chi connectivity index (χ3n) is 4.68. The molecule has 98 valence electrons. The zero-order chi connectivity index (χ0) is 13.8. The molecular formula is C21H14. The smallest absolute Gasteiger partial charge is 0.00137 e. The summed E-state index contributed by atoms with van der Waals surface area (Å²) in [6.45, 7) is 0. The van der Waals surface area contributed by atoms with Crippen LogP contribution in [-0.4, -0.2) is 0 Å².